The van der Waals surface area contributed by atoms with Crippen LogP contribution >= 0.6 is 47.1 Å². The van der Waals surface area contributed by atoms with Gasteiger partial charge in [0.15, 0.2) is 5.96 Å². The highest BCUT2D eigenvalue weighted by atomic mass is 127. The Morgan fingerprint density at radius 1 is 1.33 bits per heavy atom. The van der Waals surface area contributed by atoms with Gasteiger partial charge in [0.25, 0.3) is 0 Å². The molecule has 0 bridgehead atoms. The second-order valence-electron chi connectivity index (χ2n) is 5.85. The van der Waals surface area contributed by atoms with Crippen LogP contribution in [-0.4, -0.2) is 56.1 Å². The van der Waals surface area contributed by atoms with Gasteiger partial charge in [-0.1, -0.05) is 6.07 Å². The van der Waals surface area contributed by atoms with Crippen molar-refractivity contribution in [1.29, 1.82) is 0 Å². The minimum Gasteiger partial charge on any atom is -0.356 e. The van der Waals surface area contributed by atoms with Gasteiger partial charge in [-0.05, 0) is 62.2 Å². The van der Waals surface area contributed by atoms with Gasteiger partial charge in [0.05, 0.1) is 6.04 Å². The Kier molecular flexibility index (Phi) is 12.2. The number of nitrogens with zero attached hydrogens (tertiary/aromatic N) is 2. The second-order valence-corrected chi connectivity index (χ2v) is 7.82. The van der Waals surface area contributed by atoms with Crippen LogP contribution in [0.5, 0.6) is 0 Å². The molecule has 2 heterocycles. The van der Waals surface area contributed by atoms with Gasteiger partial charge >= 0.3 is 0 Å². The summed E-state index contributed by atoms with van der Waals surface area (Å²) in [5.74, 6) is 2.17. The van der Waals surface area contributed by atoms with E-state index in [9.17, 15) is 0 Å². The summed E-state index contributed by atoms with van der Waals surface area (Å²) in [6.07, 6.45) is 7.27. The number of hydrogen-bond acceptors (Lipinski definition) is 4. The molecule has 1 aliphatic rings. The van der Waals surface area contributed by atoms with E-state index in [1.165, 1.54) is 49.4 Å². The third kappa shape index (κ3) is 7.49. The molecule has 1 fully saturated rings. The van der Waals surface area contributed by atoms with Gasteiger partial charge in [0, 0.05) is 25.0 Å². The molecule has 1 unspecified atom stereocenters. The second kappa shape index (κ2) is 13.2. The maximum absolute atomic E-state index is 4.36. The summed E-state index contributed by atoms with van der Waals surface area (Å²) in [5.41, 5.74) is 0. The fourth-order valence-corrected chi connectivity index (χ4v) is 4.29. The summed E-state index contributed by atoms with van der Waals surface area (Å²) in [5, 5.41) is 9.14. The third-order valence-electron chi connectivity index (χ3n) is 4.21. The molecular weight excluding hydrogens is 451 g/mol. The maximum Gasteiger partial charge on any atom is 0.191 e. The molecule has 7 heteroatoms. The zero-order chi connectivity index (χ0) is 16.3. The number of guanidine groups is 1. The van der Waals surface area contributed by atoms with Gasteiger partial charge < -0.3 is 10.6 Å². The van der Waals surface area contributed by atoms with Crippen LogP contribution in [0.3, 0.4) is 0 Å². The molecule has 1 atom stereocenters. The molecule has 1 aromatic rings. The summed E-state index contributed by atoms with van der Waals surface area (Å²) in [7, 11) is 1.85. The number of thioether (sulfide) groups is 1. The number of nitrogens with one attached hydrogen (secondary N) is 2. The average molecular weight is 483 g/mol. The lowest BCUT2D eigenvalue weighted by atomic mass is 10.2. The summed E-state index contributed by atoms with van der Waals surface area (Å²) in [6, 6.07) is 4.88. The topological polar surface area (TPSA) is 39.7 Å². The average Bonchev–Trinajstić information content (AvgIpc) is 3.27. The first-order valence-corrected chi connectivity index (χ1v) is 10.8. The van der Waals surface area contributed by atoms with E-state index in [1.807, 2.05) is 30.1 Å². The van der Waals surface area contributed by atoms with Crippen molar-refractivity contribution in [2.45, 2.75) is 31.7 Å². The van der Waals surface area contributed by atoms with Crippen LogP contribution < -0.4 is 10.6 Å². The molecule has 1 aromatic heterocycles. The highest BCUT2D eigenvalue weighted by Crippen LogP contribution is 2.27. The fourth-order valence-electron chi connectivity index (χ4n) is 2.94. The largest absolute Gasteiger partial charge is 0.356 e. The van der Waals surface area contributed by atoms with Crippen LogP contribution in [0.25, 0.3) is 0 Å². The van der Waals surface area contributed by atoms with Crippen molar-refractivity contribution in [3.05, 3.63) is 22.4 Å². The zero-order valence-corrected chi connectivity index (χ0v) is 18.8. The Morgan fingerprint density at radius 3 is 2.75 bits per heavy atom. The lowest BCUT2D eigenvalue weighted by Crippen LogP contribution is -2.42. The van der Waals surface area contributed by atoms with Crippen molar-refractivity contribution in [3.8, 4) is 0 Å². The molecule has 0 aromatic carbocycles. The van der Waals surface area contributed by atoms with E-state index in [0.29, 0.717) is 6.04 Å². The first-order valence-electron chi connectivity index (χ1n) is 8.56. The van der Waals surface area contributed by atoms with E-state index in [4.69, 9.17) is 0 Å². The Balaban J connectivity index is 0.00000288. The predicted octanol–water partition coefficient (Wildman–Crippen LogP) is 3.81. The molecule has 138 valence electrons. The smallest absolute Gasteiger partial charge is 0.191 e. The Morgan fingerprint density at radius 2 is 2.12 bits per heavy atom. The van der Waals surface area contributed by atoms with Gasteiger partial charge in [-0.25, -0.2) is 0 Å². The first kappa shape index (κ1) is 22.1. The molecule has 0 amide bonds. The Bertz CT molecular complexity index is 447. The molecule has 0 spiro atoms. The van der Waals surface area contributed by atoms with Gasteiger partial charge in [0.2, 0.25) is 0 Å². The minimum atomic E-state index is 0. The van der Waals surface area contributed by atoms with E-state index >= 15 is 0 Å². The van der Waals surface area contributed by atoms with Crippen molar-refractivity contribution < 1.29 is 0 Å². The number of hydrogen-bond donors (Lipinski definition) is 2. The normalized spacial score (nSPS) is 16.7. The van der Waals surface area contributed by atoms with Crippen LogP contribution in [0.4, 0.5) is 0 Å². The van der Waals surface area contributed by atoms with Crippen molar-refractivity contribution in [3.63, 3.8) is 0 Å². The van der Waals surface area contributed by atoms with Crippen LogP contribution in [0.2, 0.25) is 0 Å². The standard InChI is InChI=1S/C17H30N4S2.HI/c1-18-17(19-9-3-6-12-22-2)20-14-15(16-8-7-13-23-16)21-10-4-5-11-21;/h7-8,13,15H,3-6,9-12,14H2,1-2H3,(H2,18,19,20);1H. The predicted molar refractivity (Wildman–Crippen MR) is 120 cm³/mol. The van der Waals surface area contributed by atoms with Crippen LogP contribution in [0.1, 0.15) is 36.6 Å². The number of aliphatic imine (C=N–C) groups is 1. The summed E-state index contributed by atoms with van der Waals surface area (Å²) in [4.78, 5) is 8.42. The van der Waals surface area contributed by atoms with E-state index in [-0.39, 0.29) is 24.0 Å². The maximum atomic E-state index is 4.36. The lowest BCUT2D eigenvalue weighted by Gasteiger charge is -2.27. The molecule has 0 aliphatic carbocycles. The summed E-state index contributed by atoms with van der Waals surface area (Å²) < 4.78 is 0. The molecule has 2 N–H and O–H groups in total. The van der Waals surface area contributed by atoms with Crippen LogP contribution in [0, 0.1) is 0 Å². The lowest BCUT2D eigenvalue weighted by molar-refractivity contribution is 0.249. The molecule has 24 heavy (non-hydrogen) atoms. The quantitative estimate of drug-likeness (QED) is 0.243. The third-order valence-corrected chi connectivity index (χ3v) is 5.88. The molecule has 4 nitrogen and oxygen atoms in total. The Labute approximate surface area is 172 Å². The monoisotopic (exact) mass is 482 g/mol. The van der Waals surface area contributed by atoms with Gasteiger partial charge in [-0.2, -0.15) is 11.8 Å². The molecular formula is C17H31IN4S2. The van der Waals surface area contributed by atoms with Crippen LogP contribution in [-0.2, 0) is 0 Å². The number of thiophene rings is 1. The van der Waals surface area contributed by atoms with Crippen LogP contribution in [0.15, 0.2) is 22.5 Å². The number of rotatable bonds is 9. The highest BCUT2D eigenvalue weighted by molar-refractivity contribution is 14.0. The van der Waals surface area contributed by atoms with E-state index in [2.05, 4.69) is 44.3 Å². The molecule has 0 saturated carbocycles. The number of halogens is 1. The van der Waals surface area contributed by atoms with Gasteiger partial charge in [0.1, 0.15) is 0 Å². The van der Waals surface area contributed by atoms with Gasteiger partial charge in [-0.15, -0.1) is 35.3 Å². The van der Waals surface area contributed by atoms with Crippen molar-refractivity contribution in [1.82, 2.24) is 15.5 Å². The minimum absolute atomic E-state index is 0. The molecule has 1 aliphatic heterocycles. The molecule has 2 rings (SSSR count). The molecule has 0 radical (unpaired) electrons. The molecule has 1 saturated heterocycles. The number of likely N-dealkylation sites (tertiary alicyclic amines) is 1. The van der Waals surface area contributed by atoms with E-state index in [1.54, 1.807) is 0 Å². The summed E-state index contributed by atoms with van der Waals surface area (Å²) >= 11 is 3.77. The highest BCUT2D eigenvalue weighted by Gasteiger charge is 2.24. The summed E-state index contributed by atoms with van der Waals surface area (Å²) in [6.45, 7) is 4.34. The van der Waals surface area contributed by atoms with Crippen molar-refractivity contribution in [2.24, 2.45) is 4.99 Å². The number of unbranched alkanes of at least 4 members (excludes halogenated alkanes) is 1. The van der Waals surface area contributed by atoms with E-state index in [0.717, 1.165) is 19.0 Å². The van der Waals surface area contributed by atoms with E-state index < -0.39 is 0 Å². The SMILES string of the molecule is CN=C(NCCCCSC)NCC(c1cccs1)N1CCCC1.I. The zero-order valence-electron chi connectivity index (χ0n) is 14.8. The fraction of sp³-hybridized carbons (Fsp3) is 0.706. The Hall–Kier alpha value is 0.01000. The van der Waals surface area contributed by atoms with Gasteiger partial charge in [-0.3, -0.25) is 9.89 Å². The first-order chi connectivity index (χ1) is 11.3. The van der Waals surface area contributed by atoms with Crippen molar-refractivity contribution in [2.75, 3.05) is 45.2 Å². The van der Waals surface area contributed by atoms with Crippen molar-refractivity contribution >= 4 is 53.0 Å².